The number of carbonyl (C=O) groups excluding carboxylic acids is 1. The quantitative estimate of drug-likeness (QED) is 0.771. The minimum Gasteiger partial charge on any atom is -0.334 e. The molecule has 0 aliphatic carbocycles. The van der Waals surface area contributed by atoms with Crippen LogP contribution in [0.4, 0.5) is 14.9 Å². The fourth-order valence-electron chi connectivity index (χ4n) is 2.35. The standard InChI is InChI=1S/C17H18FN5O/c1-11(2)23-16-13(9-21-23)7-15(10-19-16)22-17(24)20-8-12-3-5-14(18)6-4-12/h3-7,9-11H,8H2,1-2H3,(H2,20,22,24). The molecule has 2 heterocycles. The van der Waals surface area contributed by atoms with Crippen LogP contribution in [0.2, 0.25) is 0 Å². The lowest BCUT2D eigenvalue weighted by Gasteiger charge is -2.09. The number of pyridine rings is 1. The third-order valence-corrected chi connectivity index (χ3v) is 3.55. The fraction of sp³-hybridized carbons (Fsp3) is 0.235. The number of aromatic nitrogens is 3. The first-order chi connectivity index (χ1) is 11.5. The molecule has 3 rings (SSSR count). The number of hydrogen-bond acceptors (Lipinski definition) is 3. The van der Waals surface area contributed by atoms with Gasteiger partial charge in [-0.05, 0) is 37.6 Å². The lowest BCUT2D eigenvalue weighted by Crippen LogP contribution is -2.28. The number of amides is 2. The van der Waals surface area contributed by atoms with Crippen LogP contribution in [-0.2, 0) is 6.54 Å². The van der Waals surface area contributed by atoms with E-state index in [1.807, 2.05) is 24.6 Å². The Bertz CT molecular complexity index is 857. The monoisotopic (exact) mass is 327 g/mol. The second kappa shape index (κ2) is 6.66. The van der Waals surface area contributed by atoms with Crippen molar-refractivity contribution < 1.29 is 9.18 Å². The van der Waals surface area contributed by atoms with Crippen molar-refractivity contribution in [3.8, 4) is 0 Å². The smallest absolute Gasteiger partial charge is 0.319 e. The topological polar surface area (TPSA) is 71.8 Å². The molecule has 0 aliphatic rings. The summed E-state index contributed by atoms with van der Waals surface area (Å²) in [6, 6.07) is 7.67. The lowest BCUT2D eigenvalue weighted by atomic mass is 10.2. The Morgan fingerprint density at radius 1 is 1.25 bits per heavy atom. The molecule has 2 aromatic heterocycles. The summed E-state index contributed by atoms with van der Waals surface area (Å²) < 4.78 is 14.7. The molecule has 0 bridgehead atoms. The van der Waals surface area contributed by atoms with Crippen molar-refractivity contribution in [2.45, 2.75) is 26.4 Å². The number of benzene rings is 1. The highest BCUT2D eigenvalue weighted by molar-refractivity contribution is 5.91. The predicted octanol–water partition coefficient (Wildman–Crippen LogP) is 3.47. The highest BCUT2D eigenvalue weighted by Gasteiger charge is 2.09. The van der Waals surface area contributed by atoms with E-state index in [0.717, 1.165) is 16.6 Å². The summed E-state index contributed by atoms with van der Waals surface area (Å²) in [6.45, 7) is 4.37. The Hall–Kier alpha value is -2.96. The number of hydrogen-bond donors (Lipinski definition) is 2. The van der Waals surface area contributed by atoms with Crippen molar-refractivity contribution in [1.82, 2.24) is 20.1 Å². The zero-order chi connectivity index (χ0) is 17.1. The van der Waals surface area contributed by atoms with Gasteiger partial charge in [-0.3, -0.25) is 0 Å². The molecule has 124 valence electrons. The van der Waals surface area contributed by atoms with E-state index in [1.54, 1.807) is 24.5 Å². The van der Waals surface area contributed by atoms with Crippen LogP contribution in [-0.4, -0.2) is 20.8 Å². The van der Waals surface area contributed by atoms with E-state index < -0.39 is 0 Å². The van der Waals surface area contributed by atoms with Gasteiger partial charge in [0.2, 0.25) is 0 Å². The van der Waals surface area contributed by atoms with Crippen LogP contribution in [0.3, 0.4) is 0 Å². The number of anilines is 1. The van der Waals surface area contributed by atoms with E-state index >= 15 is 0 Å². The van der Waals surface area contributed by atoms with Crippen molar-refractivity contribution in [2.75, 3.05) is 5.32 Å². The van der Waals surface area contributed by atoms with Gasteiger partial charge in [-0.1, -0.05) is 12.1 Å². The molecule has 0 fully saturated rings. The average Bonchev–Trinajstić information content (AvgIpc) is 2.97. The second-order valence-electron chi connectivity index (χ2n) is 5.75. The van der Waals surface area contributed by atoms with E-state index in [-0.39, 0.29) is 17.9 Å². The van der Waals surface area contributed by atoms with Gasteiger partial charge in [-0.25, -0.2) is 18.9 Å². The first kappa shape index (κ1) is 15.9. The van der Waals surface area contributed by atoms with Crippen LogP contribution < -0.4 is 10.6 Å². The summed E-state index contributed by atoms with van der Waals surface area (Å²) in [5.74, 6) is -0.301. The molecule has 0 saturated heterocycles. The minimum absolute atomic E-state index is 0.216. The Morgan fingerprint density at radius 2 is 2.00 bits per heavy atom. The first-order valence-electron chi connectivity index (χ1n) is 7.65. The Kier molecular flexibility index (Phi) is 4.41. The number of halogens is 1. The predicted molar refractivity (Wildman–Crippen MR) is 90.2 cm³/mol. The van der Waals surface area contributed by atoms with Crippen molar-refractivity contribution in [2.24, 2.45) is 0 Å². The van der Waals surface area contributed by atoms with Crippen LogP contribution in [0.1, 0.15) is 25.5 Å². The summed E-state index contributed by atoms with van der Waals surface area (Å²) in [5.41, 5.74) is 2.18. The van der Waals surface area contributed by atoms with Gasteiger partial charge in [0.25, 0.3) is 0 Å². The molecule has 0 aliphatic heterocycles. The number of nitrogens with zero attached hydrogens (tertiary/aromatic N) is 3. The molecule has 0 saturated carbocycles. The van der Waals surface area contributed by atoms with E-state index in [4.69, 9.17) is 0 Å². The molecule has 2 N–H and O–H groups in total. The fourth-order valence-corrected chi connectivity index (χ4v) is 2.35. The normalized spacial score (nSPS) is 11.0. The highest BCUT2D eigenvalue weighted by atomic mass is 19.1. The molecule has 1 aromatic carbocycles. The van der Waals surface area contributed by atoms with Gasteiger partial charge in [-0.2, -0.15) is 5.10 Å². The maximum atomic E-state index is 12.8. The maximum absolute atomic E-state index is 12.8. The van der Waals surface area contributed by atoms with Crippen LogP contribution >= 0.6 is 0 Å². The molecule has 7 heteroatoms. The van der Waals surface area contributed by atoms with Crippen molar-refractivity contribution >= 4 is 22.8 Å². The summed E-state index contributed by atoms with van der Waals surface area (Å²) in [4.78, 5) is 16.3. The van der Waals surface area contributed by atoms with E-state index in [1.165, 1.54) is 12.1 Å². The largest absolute Gasteiger partial charge is 0.334 e. The van der Waals surface area contributed by atoms with E-state index in [0.29, 0.717) is 12.2 Å². The Labute approximate surface area is 138 Å². The van der Waals surface area contributed by atoms with Crippen molar-refractivity contribution in [3.05, 3.63) is 54.1 Å². The third-order valence-electron chi connectivity index (χ3n) is 3.55. The van der Waals surface area contributed by atoms with Gasteiger partial charge in [0, 0.05) is 18.0 Å². The molecule has 0 atom stereocenters. The molecular formula is C17H18FN5O. The van der Waals surface area contributed by atoms with Crippen LogP contribution in [0.5, 0.6) is 0 Å². The highest BCUT2D eigenvalue weighted by Crippen LogP contribution is 2.18. The number of carbonyl (C=O) groups is 1. The molecule has 0 unspecified atom stereocenters. The molecule has 2 amide bonds. The lowest BCUT2D eigenvalue weighted by molar-refractivity contribution is 0.251. The van der Waals surface area contributed by atoms with Gasteiger partial charge in [0.15, 0.2) is 5.65 Å². The third kappa shape index (κ3) is 3.51. The SMILES string of the molecule is CC(C)n1ncc2cc(NC(=O)NCc3ccc(F)cc3)cnc21. The number of urea groups is 1. The van der Waals surface area contributed by atoms with Gasteiger partial charge >= 0.3 is 6.03 Å². The number of nitrogens with one attached hydrogen (secondary N) is 2. The van der Waals surface area contributed by atoms with E-state index in [9.17, 15) is 9.18 Å². The van der Waals surface area contributed by atoms with Gasteiger partial charge in [-0.15, -0.1) is 0 Å². The summed E-state index contributed by atoms with van der Waals surface area (Å²) in [7, 11) is 0. The minimum atomic E-state index is -0.350. The second-order valence-corrected chi connectivity index (χ2v) is 5.75. The molecule has 3 aromatic rings. The van der Waals surface area contributed by atoms with Gasteiger partial charge in [0.05, 0.1) is 18.1 Å². The molecule has 0 radical (unpaired) electrons. The van der Waals surface area contributed by atoms with Crippen LogP contribution in [0.25, 0.3) is 11.0 Å². The average molecular weight is 327 g/mol. The van der Waals surface area contributed by atoms with Gasteiger partial charge in [0.1, 0.15) is 5.82 Å². The summed E-state index contributed by atoms with van der Waals surface area (Å²) in [6.07, 6.45) is 3.32. The maximum Gasteiger partial charge on any atom is 0.319 e. The van der Waals surface area contributed by atoms with Gasteiger partial charge < -0.3 is 10.6 Å². The molecule has 24 heavy (non-hydrogen) atoms. The van der Waals surface area contributed by atoms with Crippen molar-refractivity contribution in [3.63, 3.8) is 0 Å². The Morgan fingerprint density at radius 3 is 2.71 bits per heavy atom. The number of fused-ring (bicyclic) bond motifs is 1. The zero-order valence-corrected chi connectivity index (χ0v) is 13.5. The Balaban J connectivity index is 1.63. The molecule has 6 nitrogen and oxygen atoms in total. The first-order valence-corrected chi connectivity index (χ1v) is 7.65. The summed E-state index contributed by atoms with van der Waals surface area (Å²) >= 11 is 0. The zero-order valence-electron chi connectivity index (χ0n) is 13.5. The molecular weight excluding hydrogens is 309 g/mol. The summed E-state index contributed by atoms with van der Waals surface area (Å²) in [5, 5.41) is 10.6. The van der Waals surface area contributed by atoms with Crippen molar-refractivity contribution in [1.29, 1.82) is 0 Å². The van der Waals surface area contributed by atoms with E-state index in [2.05, 4.69) is 20.7 Å². The van der Waals surface area contributed by atoms with Crippen LogP contribution in [0, 0.1) is 5.82 Å². The van der Waals surface area contributed by atoms with Crippen LogP contribution in [0.15, 0.2) is 42.7 Å². The number of rotatable bonds is 4. The molecule has 0 spiro atoms.